The van der Waals surface area contributed by atoms with Gasteiger partial charge in [-0.05, 0) is 18.8 Å². The van der Waals surface area contributed by atoms with Crippen LogP contribution in [0.3, 0.4) is 0 Å². The molecular formula is C13H22F2N2O2. The highest BCUT2D eigenvalue weighted by atomic mass is 19.3. The van der Waals surface area contributed by atoms with Crippen LogP contribution in [0.4, 0.5) is 8.78 Å². The molecule has 0 radical (unpaired) electrons. The molecule has 110 valence electrons. The van der Waals surface area contributed by atoms with Crippen LogP contribution in [0.25, 0.3) is 0 Å². The first-order chi connectivity index (χ1) is 8.76. The number of rotatable bonds is 5. The summed E-state index contributed by atoms with van der Waals surface area (Å²) in [7, 11) is 0. The van der Waals surface area contributed by atoms with Crippen LogP contribution in [0.2, 0.25) is 0 Å². The molecular weight excluding hydrogens is 254 g/mol. The molecule has 2 rings (SSSR count). The Morgan fingerprint density at radius 2 is 2.11 bits per heavy atom. The minimum absolute atomic E-state index is 0.133. The van der Waals surface area contributed by atoms with Gasteiger partial charge in [-0.3, -0.25) is 10.1 Å². The summed E-state index contributed by atoms with van der Waals surface area (Å²) in [5.74, 6) is -3.05. The number of nitrogens with one attached hydrogen (secondary N) is 2. The molecule has 1 aliphatic heterocycles. The van der Waals surface area contributed by atoms with E-state index >= 15 is 0 Å². The zero-order valence-corrected chi connectivity index (χ0v) is 11.4. The zero-order valence-electron chi connectivity index (χ0n) is 11.4. The molecule has 2 fully saturated rings. The fraction of sp³-hybridized carbons (Fsp3) is 0.923. The molecule has 1 saturated carbocycles. The molecule has 2 atom stereocenters. The fourth-order valence-electron chi connectivity index (χ4n) is 2.73. The van der Waals surface area contributed by atoms with Gasteiger partial charge in [-0.1, -0.05) is 13.8 Å². The molecule has 6 heteroatoms. The normalized spacial score (nSPS) is 29.3. The van der Waals surface area contributed by atoms with Gasteiger partial charge in [0.2, 0.25) is 5.91 Å². The average molecular weight is 276 g/mol. The quantitative estimate of drug-likeness (QED) is 0.699. The van der Waals surface area contributed by atoms with Crippen LogP contribution in [0.1, 0.15) is 33.1 Å². The van der Waals surface area contributed by atoms with Crippen molar-refractivity contribution in [2.45, 2.75) is 51.2 Å². The van der Waals surface area contributed by atoms with Crippen LogP contribution in [-0.2, 0) is 4.79 Å². The van der Waals surface area contributed by atoms with E-state index in [2.05, 4.69) is 10.6 Å². The van der Waals surface area contributed by atoms with Gasteiger partial charge in [0, 0.05) is 18.4 Å². The van der Waals surface area contributed by atoms with Gasteiger partial charge in [0.15, 0.2) is 0 Å². The monoisotopic (exact) mass is 276 g/mol. The van der Waals surface area contributed by atoms with Gasteiger partial charge in [0.1, 0.15) is 0 Å². The maximum atomic E-state index is 13.0. The zero-order chi connectivity index (χ0) is 14.3. The van der Waals surface area contributed by atoms with Crippen LogP contribution in [-0.4, -0.2) is 42.2 Å². The molecule has 2 aliphatic rings. The fourth-order valence-corrected chi connectivity index (χ4v) is 2.73. The van der Waals surface area contributed by atoms with Gasteiger partial charge in [0.05, 0.1) is 18.7 Å². The molecule has 4 nitrogen and oxygen atoms in total. The Hall–Kier alpha value is -0.750. The highest BCUT2D eigenvalue weighted by molar-refractivity contribution is 5.82. The van der Waals surface area contributed by atoms with Gasteiger partial charge in [-0.25, -0.2) is 8.78 Å². The summed E-state index contributed by atoms with van der Waals surface area (Å²) in [4.78, 5) is 11.8. The molecule has 0 spiro atoms. The van der Waals surface area contributed by atoms with Gasteiger partial charge in [-0.15, -0.1) is 0 Å². The van der Waals surface area contributed by atoms with Crippen molar-refractivity contribution in [1.82, 2.24) is 10.6 Å². The summed E-state index contributed by atoms with van der Waals surface area (Å²) in [6, 6.07) is -0.818. The number of amides is 1. The molecule has 19 heavy (non-hydrogen) atoms. The second-order valence-electron chi connectivity index (χ2n) is 6.26. The molecule has 0 aromatic heterocycles. The van der Waals surface area contributed by atoms with E-state index < -0.39 is 31.0 Å². The predicted molar refractivity (Wildman–Crippen MR) is 66.9 cm³/mol. The standard InChI is InChI=1S/C13H22F2N2O2/c1-8(2)10(18)12(3-4-12)6-17-11(19)9-5-13(14,15)7-16-9/h8-10,16,18H,3-7H2,1-2H3,(H,17,19). The Morgan fingerprint density at radius 1 is 1.47 bits per heavy atom. The molecule has 0 aromatic rings. The van der Waals surface area contributed by atoms with Crippen molar-refractivity contribution in [1.29, 1.82) is 0 Å². The van der Waals surface area contributed by atoms with E-state index in [-0.39, 0.29) is 17.2 Å². The highest BCUT2D eigenvalue weighted by Gasteiger charge is 2.50. The summed E-state index contributed by atoms with van der Waals surface area (Å²) in [5, 5.41) is 15.3. The smallest absolute Gasteiger partial charge is 0.262 e. The molecule has 3 N–H and O–H groups in total. The van der Waals surface area contributed by atoms with Crippen molar-refractivity contribution in [3.63, 3.8) is 0 Å². The summed E-state index contributed by atoms with van der Waals surface area (Å²) in [6.45, 7) is 3.80. The number of carbonyl (C=O) groups is 1. The first-order valence-corrected chi connectivity index (χ1v) is 6.83. The number of hydrogen-bond donors (Lipinski definition) is 3. The van der Waals surface area contributed by atoms with Gasteiger partial charge < -0.3 is 10.4 Å². The Labute approximate surface area is 111 Å². The lowest BCUT2D eigenvalue weighted by molar-refractivity contribution is -0.124. The average Bonchev–Trinajstić information content (AvgIpc) is 3.03. The van der Waals surface area contributed by atoms with E-state index in [1.807, 2.05) is 13.8 Å². The lowest BCUT2D eigenvalue weighted by Crippen LogP contribution is -2.45. The lowest BCUT2D eigenvalue weighted by Gasteiger charge is -2.26. The Bertz CT molecular complexity index is 357. The van der Waals surface area contributed by atoms with Crippen LogP contribution in [0.5, 0.6) is 0 Å². The highest BCUT2D eigenvalue weighted by Crippen LogP contribution is 2.50. The molecule has 1 amide bonds. The van der Waals surface area contributed by atoms with Crippen LogP contribution in [0, 0.1) is 11.3 Å². The SMILES string of the molecule is CC(C)C(O)C1(CNC(=O)C2CC(F)(F)CN2)CC1. The maximum Gasteiger partial charge on any atom is 0.262 e. The number of halogens is 2. The number of aliphatic hydroxyl groups excluding tert-OH is 1. The van der Waals surface area contributed by atoms with Crippen molar-refractivity contribution in [3.8, 4) is 0 Å². The summed E-state index contributed by atoms with van der Waals surface area (Å²) >= 11 is 0. The largest absolute Gasteiger partial charge is 0.392 e. The topological polar surface area (TPSA) is 61.4 Å². The Morgan fingerprint density at radius 3 is 2.53 bits per heavy atom. The van der Waals surface area contributed by atoms with Gasteiger partial charge >= 0.3 is 0 Å². The van der Waals surface area contributed by atoms with Crippen molar-refractivity contribution in [3.05, 3.63) is 0 Å². The third-order valence-corrected chi connectivity index (χ3v) is 4.19. The minimum Gasteiger partial charge on any atom is -0.392 e. The van der Waals surface area contributed by atoms with Crippen molar-refractivity contribution in [2.75, 3.05) is 13.1 Å². The summed E-state index contributed by atoms with van der Waals surface area (Å²) in [5.41, 5.74) is -0.245. The van der Waals surface area contributed by atoms with E-state index in [1.54, 1.807) is 0 Å². The minimum atomic E-state index is -2.79. The third kappa shape index (κ3) is 3.23. The molecule has 1 aliphatic carbocycles. The Kier molecular flexibility index (Phi) is 3.84. The molecule has 2 unspecified atom stereocenters. The molecule has 1 saturated heterocycles. The van der Waals surface area contributed by atoms with Crippen molar-refractivity contribution >= 4 is 5.91 Å². The number of hydrogen-bond acceptors (Lipinski definition) is 3. The second kappa shape index (κ2) is 4.98. The predicted octanol–water partition coefficient (Wildman–Crippen LogP) is 0.897. The summed E-state index contributed by atoms with van der Waals surface area (Å²) in [6.07, 6.45) is 0.853. The molecule has 0 aromatic carbocycles. The number of alkyl halides is 2. The van der Waals surface area contributed by atoms with Gasteiger partial charge in [-0.2, -0.15) is 0 Å². The van der Waals surface area contributed by atoms with Gasteiger partial charge in [0.25, 0.3) is 5.92 Å². The van der Waals surface area contributed by atoms with Crippen LogP contribution in [0.15, 0.2) is 0 Å². The van der Waals surface area contributed by atoms with Crippen molar-refractivity contribution in [2.24, 2.45) is 11.3 Å². The first kappa shape index (κ1) is 14.7. The number of carbonyl (C=O) groups excluding carboxylic acids is 1. The first-order valence-electron chi connectivity index (χ1n) is 6.83. The number of aliphatic hydroxyl groups is 1. The lowest BCUT2D eigenvalue weighted by atomic mass is 9.90. The van der Waals surface area contributed by atoms with E-state index in [9.17, 15) is 18.7 Å². The van der Waals surface area contributed by atoms with E-state index in [4.69, 9.17) is 0 Å². The van der Waals surface area contributed by atoms with E-state index in [1.165, 1.54) is 0 Å². The molecule has 1 heterocycles. The van der Waals surface area contributed by atoms with E-state index in [0.717, 1.165) is 12.8 Å². The second-order valence-corrected chi connectivity index (χ2v) is 6.26. The molecule has 0 bridgehead atoms. The third-order valence-electron chi connectivity index (χ3n) is 4.19. The summed E-state index contributed by atoms with van der Waals surface area (Å²) < 4.78 is 26.0. The maximum absolute atomic E-state index is 13.0. The van der Waals surface area contributed by atoms with Crippen LogP contribution < -0.4 is 10.6 Å². The van der Waals surface area contributed by atoms with Crippen molar-refractivity contribution < 1.29 is 18.7 Å². The van der Waals surface area contributed by atoms with Crippen LogP contribution >= 0.6 is 0 Å². The van der Waals surface area contributed by atoms with E-state index in [0.29, 0.717) is 6.54 Å². The Balaban J connectivity index is 1.82.